The molecule has 1 rings (SSSR count). The van der Waals surface area contributed by atoms with Gasteiger partial charge in [0.15, 0.2) is 0 Å². The molecule has 0 amide bonds. The Hall–Kier alpha value is -0.570. The van der Waals surface area contributed by atoms with Crippen LogP contribution < -0.4 is 0 Å². The zero-order valence-electron chi connectivity index (χ0n) is 6.96. The number of nitrogens with zero attached hydrogens (tertiary/aromatic N) is 1. The van der Waals surface area contributed by atoms with Gasteiger partial charge in [-0.3, -0.25) is 4.90 Å². The van der Waals surface area contributed by atoms with Crippen molar-refractivity contribution < 1.29 is 5.11 Å². The van der Waals surface area contributed by atoms with Crippen molar-refractivity contribution in [3.63, 3.8) is 0 Å². The third-order valence-electron chi connectivity index (χ3n) is 1.62. The number of rotatable bonds is 3. The van der Waals surface area contributed by atoms with Gasteiger partial charge in [-0.05, 0) is 18.7 Å². The Morgan fingerprint density at radius 3 is 2.67 bits per heavy atom. The van der Waals surface area contributed by atoms with Gasteiger partial charge in [0, 0.05) is 11.6 Å². The first-order valence-corrected chi connectivity index (χ1v) is 4.12. The van der Waals surface area contributed by atoms with E-state index in [2.05, 4.69) is 0 Å². The molecule has 0 aliphatic carbocycles. The summed E-state index contributed by atoms with van der Waals surface area (Å²) in [6.45, 7) is 0.411. The zero-order chi connectivity index (χ0) is 8.97. The predicted molar refractivity (Wildman–Crippen MR) is 48.5 cm³/mol. The van der Waals surface area contributed by atoms with Crippen LogP contribution in [0.3, 0.4) is 0 Å². The minimum absolute atomic E-state index is 0.203. The second-order valence-corrected chi connectivity index (χ2v) is 3.14. The smallest absolute Gasteiger partial charge is 0.135 e. The van der Waals surface area contributed by atoms with Crippen LogP contribution in [0.2, 0.25) is 5.02 Å². The van der Waals surface area contributed by atoms with Gasteiger partial charge in [0.25, 0.3) is 0 Å². The van der Waals surface area contributed by atoms with Crippen LogP contribution in [0, 0.1) is 0 Å². The molecule has 0 saturated carbocycles. The van der Waals surface area contributed by atoms with E-state index in [1.165, 1.54) is 0 Å². The van der Waals surface area contributed by atoms with Crippen molar-refractivity contribution in [1.82, 2.24) is 4.90 Å². The SMILES string of the molecule is CN(C[O])Cc1ccccc1Cl. The summed E-state index contributed by atoms with van der Waals surface area (Å²) < 4.78 is 0. The van der Waals surface area contributed by atoms with Gasteiger partial charge in [-0.15, -0.1) is 0 Å². The molecular formula is C9H11ClNO. The zero-order valence-corrected chi connectivity index (χ0v) is 7.71. The molecular weight excluding hydrogens is 174 g/mol. The normalized spacial score (nSPS) is 10.7. The lowest BCUT2D eigenvalue weighted by molar-refractivity contribution is 0.0649. The minimum atomic E-state index is -0.203. The monoisotopic (exact) mass is 184 g/mol. The average Bonchev–Trinajstić information content (AvgIpc) is 2.09. The molecule has 0 bridgehead atoms. The molecule has 0 spiro atoms. The lowest BCUT2D eigenvalue weighted by Gasteiger charge is -2.12. The molecule has 1 radical (unpaired) electrons. The van der Waals surface area contributed by atoms with Crippen molar-refractivity contribution in [2.75, 3.05) is 13.8 Å². The van der Waals surface area contributed by atoms with Gasteiger partial charge in [0.2, 0.25) is 0 Å². The number of benzene rings is 1. The summed E-state index contributed by atoms with van der Waals surface area (Å²) in [4.78, 5) is 1.67. The van der Waals surface area contributed by atoms with Crippen molar-refractivity contribution in [3.8, 4) is 0 Å². The second kappa shape index (κ2) is 4.45. The van der Waals surface area contributed by atoms with Crippen LogP contribution in [0.15, 0.2) is 24.3 Å². The van der Waals surface area contributed by atoms with E-state index in [0.29, 0.717) is 6.54 Å². The summed E-state index contributed by atoms with van der Waals surface area (Å²) in [5, 5.41) is 11.1. The summed E-state index contributed by atoms with van der Waals surface area (Å²) in [5.41, 5.74) is 0.998. The van der Waals surface area contributed by atoms with Crippen LogP contribution >= 0.6 is 11.6 Å². The number of hydrogen-bond donors (Lipinski definition) is 0. The van der Waals surface area contributed by atoms with E-state index >= 15 is 0 Å². The quantitative estimate of drug-likeness (QED) is 0.661. The van der Waals surface area contributed by atoms with Gasteiger partial charge in [-0.2, -0.15) is 0 Å². The summed E-state index contributed by atoms with van der Waals surface area (Å²) in [5.74, 6) is 0. The Morgan fingerprint density at radius 1 is 1.42 bits per heavy atom. The van der Waals surface area contributed by atoms with Crippen LogP contribution in [0.5, 0.6) is 0 Å². The highest BCUT2D eigenvalue weighted by Gasteiger charge is 2.01. The molecule has 0 unspecified atom stereocenters. The molecule has 1 aromatic rings. The largest absolute Gasteiger partial charge is 0.277 e. The van der Waals surface area contributed by atoms with Crippen molar-refractivity contribution in [2.45, 2.75) is 6.54 Å². The van der Waals surface area contributed by atoms with E-state index in [-0.39, 0.29) is 6.73 Å². The molecule has 3 heteroatoms. The van der Waals surface area contributed by atoms with Gasteiger partial charge in [-0.25, -0.2) is 5.11 Å². The molecule has 2 nitrogen and oxygen atoms in total. The van der Waals surface area contributed by atoms with Crippen molar-refractivity contribution >= 4 is 11.6 Å². The molecule has 1 aromatic carbocycles. The van der Waals surface area contributed by atoms with E-state index in [9.17, 15) is 5.11 Å². The average molecular weight is 185 g/mol. The Labute approximate surface area is 77.4 Å². The van der Waals surface area contributed by atoms with Gasteiger partial charge in [0.1, 0.15) is 6.73 Å². The molecule has 0 aliphatic rings. The van der Waals surface area contributed by atoms with Crippen LogP contribution in [0.4, 0.5) is 0 Å². The second-order valence-electron chi connectivity index (χ2n) is 2.73. The summed E-state index contributed by atoms with van der Waals surface area (Å²) in [6.07, 6.45) is 0. The maximum Gasteiger partial charge on any atom is 0.135 e. The van der Waals surface area contributed by atoms with Gasteiger partial charge in [0.05, 0.1) is 0 Å². The van der Waals surface area contributed by atoms with E-state index in [1.54, 1.807) is 11.9 Å². The Bertz CT molecular complexity index is 252. The first-order valence-electron chi connectivity index (χ1n) is 3.74. The molecule has 65 valence electrons. The summed E-state index contributed by atoms with van der Waals surface area (Å²) >= 11 is 5.90. The molecule has 0 atom stereocenters. The Kier molecular flexibility index (Phi) is 3.53. The summed E-state index contributed by atoms with van der Waals surface area (Å²) in [7, 11) is 1.77. The molecule has 0 aromatic heterocycles. The highest BCUT2D eigenvalue weighted by Crippen LogP contribution is 2.15. The third-order valence-corrected chi connectivity index (χ3v) is 1.99. The maximum atomic E-state index is 10.4. The van der Waals surface area contributed by atoms with Gasteiger partial charge >= 0.3 is 0 Å². The maximum absolute atomic E-state index is 10.4. The van der Waals surface area contributed by atoms with Crippen LogP contribution in [-0.4, -0.2) is 18.7 Å². The van der Waals surface area contributed by atoms with E-state index < -0.39 is 0 Å². The van der Waals surface area contributed by atoms with Crippen molar-refractivity contribution in [3.05, 3.63) is 34.9 Å². The minimum Gasteiger partial charge on any atom is -0.277 e. The molecule has 0 fully saturated rings. The molecule has 0 N–H and O–H groups in total. The topological polar surface area (TPSA) is 23.1 Å². The van der Waals surface area contributed by atoms with Gasteiger partial charge < -0.3 is 0 Å². The fourth-order valence-electron chi connectivity index (χ4n) is 0.963. The molecule has 12 heavy (non-hydrogen) atoms. The molecule has 0 aliphatic heterocycles. The van der Waals surface area contributed by atoms with Gasteiger partial charge in [-0.1, -0.05) is 29.8 Å². The first kappa shape index (κ1) is 9.52. The van der Waals surface area contributed by atoms with Crippen LogP contribution in [0.1, 0.15) is 5.56 Å². The lowest BCUT2D eigenvalue weighted by Crippen LogP contribution is -2.17. The third kappa shape index (κ3) is 2.48. The van der Waals surface area contributed by atoms with E-state index in [0.717, 1.165) is 10.6 Å². The Morgan fingerprint density at radius 2 is 2.08 bits per heavy atom. The first-order chi connectivity index (χ1) is 5.74. The van der Waals surface area contributed by atoms with Crippen molar-refractivity contribution in [1.29, 1.82) is 0 Å². The van der Waals surface area contributed by atoms with Crippen LogP contribution in [-0.2, 0) is 11.7 Å². The predicted octanol–water partition coefficient (Wildman–Crippen LogP) is 2.16. The lowest BCUT2D eigenvalue weighted by atomic mass is 10.2. The Balaban J connectivity index is 2.69. The number of hydrogen-bond acceptors (Lipinski definition) is 1. The molecule has 0 saturated heterocycles. The van der Waals surface area contributed by atoms with E-state index in [4.69, 9.17) is 11.6 Å². The number of halogens is 1. The van der Waals surface area contributed by atoms with E-state index in [1.807, 2.05) is 24.3 Å². The summed E-state index contributed by atoms with van der Waals surface area (Å²) in [6, 6.07) is 7.55. The highest BCUT2D eigenvalue weighted by molar-refractivity contribution is 6.31. The van der Waals surface area contributed by atoms with Crippen LogP contribution in [0.25, 0.3) is 0 Å². The highest BCUT2D eigenvalue weighted by atomic mass is 35.5. The standard InChI is InChI=1S/C9H11ClNO/c1-11(7-12)6-8-4-2-3-5-9(8)10/h2-5H,6-7H2,1H3. The van der Waals surface area contributed by atoms with Crippen molar-refractivity contribution in [2.24, 2.45) is 0 Å². The fraction of sp³-hybridized carbons (Fsp3) is 0.333. The fourth-order valence-corrected chi connectivity index (χ4v) is 1.16. The molecule has 0 heterocycles.